The van der Waals surface area contributed by atoms with E-state index in [1.807, 2.05) is 20.8 Å². The van der Waals surface area contributed by atoms with Crippen molar-refractivity contribution in [3.8, 4) is 0 Å². The average molecular weight is 391 g/mol. The van der Waals surface area contributed by atoms with E-state index in [0.29, 0.717) is 12.5 Å². The molecule has 4 nitrogen and oxygen atoms in total. The van der Waals surface area contributed by atoms with Gasteiger partial charge in [0.1, 0.15) is 5.60 Å². The zero-order valence-electron chi connectivity index (χ0n) is 14.2. The topological polar surface area (TPSA) is 50.4 Å². The monoisotopic (exact) mass is 390 g/mol. The quantitative estimate of drug-likeness (QED) is 0.753. The number of alkyl carbamates (subject to hydrolysis) is 1. The summed E-state index contributed by atoms with van der Waals surface area (Å²) in [6, 6.07) is 2.35. The normalized spacial score (nSPS) is 13.3. The van der Waals surface area contributed by atoms with E-state index in [9.17, 15) is 4.79 Å². The fourth-order valence-corrected chi connectivity index (χ4v) is 3.44. The van der Waals surface area contributed by atoms with Gasteiger partial charge in [-0.2, -0.15) is 0 Å². The molecule has 1 aromatic heterocycles. The number of ether oxygens (including phenoxy) is 1. The molecule has 0 aliphatic heterocycles. The molecule has 0 radical (unpaired) electrons. The molecule has 0 aromatic carbocycles. The summed E-state index contributed by atoms with van der Waals surface area (Å²) in [5.74, 6) is 0.416. The summed E-state index contributed by atoms with van der Waals surface area (Å²) in [4.78, 5) is 14.3. The summed E-state index contributed by atoms with van der Waals surface area (Å²) >= 11 is 5.32. The van der Waals surface area contributed by atoms with Gasteiger partial charge in [-0.15, -0.1) is 11.3 Å². The largest absolute Gasteiger partial charge is 0.444 e. The van der Waals surface area contributed by atoms with Gasteiger partial charge in [0.25, 0.3) is 0 Å². The molecule has 22 heavy (non-hydrogen) atoms. The Labute approximate surface area is 146 Å². The predicted octanol–water partition coefficient (Wildman–Crippen LogP) is 4.46. The van der Waals surface area contributed by atoms with Crippen LogP contribution in [-0.4, -0.2) is 24.3 Å². The van der Waals surface area contributed by atoms with Crippen LogP contribution in [0.15, 0.2) is 10.5 Å². The summed E-state index contributed by atoms with van der Waals surface area (Å²) in [6.07, 6.45) is -0.366. The van der Waals surface area contributed by atoms with E-state index in [1.54, 1.807) is 11.3 Å². The molecule has 0 spiro atoms. The Morgan fingerprint density at radius 1 is 1.41 bits per heavy atom. The van der Waals surface area contributed by atoms with E-state index in [4.69, 9.17) is 4.74 Å². The van der Waals surface area contributed by atoms with Gasteiger partial charge in [0.2, 0.25) is 0 Å². The van der Waals surface area contributed by atoms with Crippen LogP contribution < -0.4 is 10.6 Å². The summed E-state index contributed by atoms with van der Waals surface area (Å²) < 4.78 is 6.42. The second-order valence-corrected chi connectivity index (χ2v) is 8.93. The molecule has 0 aliphatic rings. The molecule has 2 N–H and O–H groups in total. The van der Waals surface area contributed by atoms with Crippen molar-refractivity contribution in [3.63, 3.8) is 0 Å². The first-order valence-electron chi connectivity index (χ1n) is 7.53. The third kappa shape index (κ3) is 7.11. The van der Waals surface area contributed by atoms with Crippen LogP contribution in [0.2, 0.25) is 0 Å². The Kier molecular flexibility index (Phi) is 7.35. The van der Waals surface area contributed by atoms with Crippen LogP contribution in [-0.2, 0) is 11.3 Å². The Bertz CT molecular complexity index is 475. The first-order chi connectivity index (χ1) is 10.1. The van der Waals surface area contributed by atoms with Crippen molar-refractivity contribution in [1.82, 2.24) is 10.6 Å². The summed E-state index contributed by atoms with van der Waals surface area (Å²) in [5.41, 5.74) is -0.467. The molecule has 1 aromatic rings. The molecule has 0 saturated heterocycles. The van der Waals surface area contributed by atoms with Gasteiger partial charge in [0, 0.05) is 33.4 Å². The van der Waals surface area contributed by atoms with Crippen molar-refractivity contribution in [2.24, 2.45) is 5.92 Å². The number of hydrogen-bond acceptors (Lipinski definition) is 4. The first-order valence-corrected chi connectivity index (χ1v) is 9.14. The van der Waals surface area contributed by atoms with Gasteiger partial charge in [-0.05, 0) is 55.6 Å². The van der Waals surface area contributed by atoms with Gasteiger partial charge in [0.05, 0.1) is 0 Å². The molecule has 0 bridgehead atoms. The van der Waals surface area contributed by atoms with E-state index in [-0.39, 0.29) is 12.1 Å². The predicted molar refractivity (Wildman–Crippen MR) is 96.5 cm³/mol. The van der Waals surface area contributed by atoms with Crippen LogP contribution in [0.4, 0.5) is 4.79 Å². The molecule has 1 heterocycles. The van der Waals surface area contributed by atoms with Gasteiger partial charge < -0.3 is 15.4 Å². The van der Waals surface area contributed by atoms with Crippen molar-refractivity contribution >= 4 is 33.4 Å². The van der Waals surface area contributed by atoms with Crippen molar-refractivity contribution in [3.05, 3.63) is 20.3 Å². The Morgan fingerprint density at radius 3 is 2.50 bits per heavy atom. The number of halogens is 1. The molecule has 1 rings (SSSR count). The number of carbonyl (C=O) groups is 1. The van der Waals surface area contributed by atoms with Crippen LogP contribution in [0.5, 0.6) is 0 Å². The minimum Gasteiger partial charge on any atom is -0.444 e. The molecule has 6 heteroatoms. The highest BCUT2D eigenvalue weighted by atomic mass is 79.9. The maximum Gasteiger partial charge on any atom is 0.407 e. The van der Waals surface area contributed by atoms with Crippen molar-refractivity contribution in [2.75, 3.05) is 6.54 Å². The smallest absolute Gasteiger partial charge is 0.407 e. The SMILES string of the molecule is Cc1sc(CNC(CNC(=O)OC(C)(C)C)C(C)C)cc1Br. The van der Waals surface area contributed by atoms with Crippen molar-refractivity contribution in [1.29, 1.82) is 0 Å². The van der Waals surface area contributed by atoms with E-state index >= 15 is 0 Å². The maximum atomic E-state index is 11.7. The molecule has 0 aliphatic carbocycles. The lowest BCUT2D eigenvalue weighted by Crippen LogP contribution is -2.45. The van der Waals surface area contributed by atoms with Crippen LogP contribution in [0, 0.1) is 12.8 Å². The van der Waals surface area contributed by atoms with Gasteiger partial charge >= 0.3 is 6.09 Å². The maximum absolute atomic E-state index is 11.7. The molecule has 0 fully saturated rings. The van der Waals surface area contributed by atoms with E-state index < -0.39 is 5.60 Å². The van der Waals surface area contributed by atoms with Crippen LogP contribution in [0.1, 0.15) is 44.4 Å². The van der Waals surface area contributed by atoms with Crippen molar-refractivity contribution < 1.29 is 9.53 Å². The second-order valence-electron chi connectivity index (χ2n) is 6.73. The zero-order chi connectivity index (χ0) is 16.9. The number of nitrogens with one attached hydrogen (secondary N) is 2. The zero-order valence-corrected chi connectivity index (χ0v) is 16.7. The van der Waals surface area contributed by atoms with Gasteiger partial charge in [-0.25, -0.2) is 4.79 Å². The molecular formula is C16H27BrN2O2S. The van der Waals surface area contributed by atoms with E-state index in [0.717, 1.165) is 11.0 Å². The standard InChI is InChI=1S/C16H27BrN2O2S/c1-10(2)14(9-19-15(20)21-16(4,5)6)18-8-12-7-13(17)11(3)22-12/h7,10,14,18H,8-9H2,1-6H3,(H,19,20). The van der Waals surface area contributed by atoms with Crippen LogP contribution in [0.25, 0.3) is 0 Å². The Hall–Kier alpha value is -0.590. The van der Waals surface area contributed by atoms with E-state index in [1.165, 1.54) is 9.75 Å². The van der Waals surface area contributed by atoms with Gasteiger partial charge in [-0.3, -0.25) is 0 Å². The van der Waals surface area contributed by atoms with Crippen LogP contribution >= 0.6 is 27.3 Å². The number of carbonyl (C=O) groups excluding carboxylic acids is 1. The molecule has 126 valence electrons. The third-order valence-electron chi connectivity index (χ3n) is 3.12. The molecule has 0 saturated carbocycles. The fraction of sp³-hybridized carbons (Fsp3) is 0.688. The minimum absolute atomic E-state index is 0.202. The van der Waals surface area contributed by atoms with Crippen LogP contribution in [0.3, 0.4) is 0 Å². The van der Waals surface area contributed by atoms with E-state index in [2.05, 4.69) is 53.4 Å². The number of hydrogen-bond donors (Lipinski definition) is 2. The summed E-state index contributed by atoms with van der Waals surface area (Å²) in [7, 11) is 0. The summed E-state index contributed by atoms with van der Waals surface area (Å²) in [5, 5.41) is 6.36. The third-order valence-corrected chi connectivity index (χ3v) is 5.25. The van der Waals surface area contributed by atoms with Crippen molar-refractivity contribution in [2.45, 2.75) is 59.7 Å². The molecule has 1 amide bonds. The second kappa shape index (κ2) is 8.31. The fourth-order valence-electron chi connectivity index (χ4n) is 1.89. The molecule has 1 unspecified atom stereocenters. The number of thiophene rings is 1. The summed E-state index contributed by atoms with van der Waals surface area (Å²) in [6.45, 7) is 13.3. The highest BCUT2D eigenvalue weighted by Crippen LogP contribution is 2.26. The van der Waals surface area contributed by atoms with Gasteiger partial charge in [-0.1, -0.05) is 13.8 Å². The number of rotatable bonds is 6. The highest BCUT2D eigenvalue weighted by Gasteiger charge is 2.19. The lowest BCUT2D eigenvalue weighted by molar-refractivity contribution is 0.0519. The highest BCUT2D eigenvalue weighted by molar-refractivity contribution is 9.10. The lowest BCUT2D eigenvalue weighted by Gasteiger charge is -2.24. The first kappa shape index (κ1) is 19.5. The lowest BCUT2D eigenvalue weighted by atomic mass is 10.0. The average Bonchev–Trinajstić information content (AvgIpc) is 2.66. The molecule has 1 atom stereocenters. The van der Waals surface area contributed by atoms with Gasteiger partial charge in [0.15, 0.2) is 0 Å². The minimum atomic E-state index is -0.467. The Balaban J connectivity index is 2.47. The molecular weight excluding hydrogens is 364 g/mol. The number of amides is 1. The number of aryl methyl sites for hydroxylation is 1. The Morgan fingerprint density at radius 2 is 2.05 bits per heavy atom.